The molecule has 1 amide bonds. The van der Waals surface area contributed by atoms with Crippen molar-refractivity contribution in [1.82, 2.24) is 20.1 Å². The third-order valence-corrected chi connectivity index (χ3v) is 4.52. The molecule has 146 valence electrons. The van der Waals surface area contributed by atoms with Crippen LogP contribution in [0.1, 0.15) is 33.5 Å². The summed E-state index contributed by atoms with van der Waals surface area (Å²) in [6.07, 6.45) is 1.73. The maximum atomic E-state index is 13.0. The Morgan fingerprint density at radius 2 is 2.04 bits per heavy atom. The minimum atomic E-state index is -0.331. The van der Waals surface area contributed by atoms with E-state index < -0.39 is 0 Å². The fraction of sp³-hybridized carbons (Fsp3) is 0.421. The highest BCUT2D eigenvalue weighted by molar-refractivity contribution is 8.00. The van der Waals surface area contributed by atoms with E-state index in [4.69, 9.17) is 4.74 Å². The lowest BCUT2D eigenvalue weighted by atomic mass is 10.1. The molecule has 27 heavy (non-hydrogen) atoms. The zero-order valence-corrected chi connectivity index (χ0v) is 16.8. The summed E-state index contributed by atoms with van der Waals surface area (Å²) in [5, 5.41) is 11.6. The van der Waals surface area contributed by atoms with Crippen molar-refractivity contribution in [3.8, 4) is 5.75 Å². The van der Waals surface area contributed by atoms with E-state index in [9.17, 15) is 9.18 Å². The van der Waals surface area contributed by atoms with Crippen LogP contribution in [0.5, 0.6) is 5.75 Å². The number of ether oxygens (including phenoxy) is 1. The molecule has 6 nitrogen and oxygen atoms in total. The molecule has 1 heterocycles. The first kappa shape index (κ1) is 21.0. The topological polar surface area (TPSA) is 69.0 Å². The number of halogens is 1. The Labute approximate surface area is 163 Å². The van der Waals surface area contributed by atoms with E-state index in [1.54, 1.807) is 18.2 Å². The number of nitrogens with zero attached hydrogens (tertiary/aromatic N) is 3. The zero-order valence-electron chi connectivity index (χ0n) is 16.0. The van der Waals surface area contributed by atoms with Crippen LogP contribution >= 0.6 is 11.8 Å². The molecular formula is C19H25FN4O2S. The highest BCUT2D eigenvalue weighted by atomic mass is 32.2. The number of rotatable bonds is 8. The molecule has 1 atom stereocenters. The van der Waals surface area contributed by atoms with E-state index in [1.807, 2.05) is 32.3 Å². The molecule has 0 radical (unpaired) electrons. The van der Waals surface area contributed by atoms with Crippen LogP contribution in [-0.2, 0) is 17.9 Å². The summed E-state index contributed by atoms with van der Waals surface area (Å²) in [7, 11) is 0. The van der Waals surface area contributed by atoms with Crippen LogP contribution in [0.2, 0.25) is 0 Å². The Morgan fingerprint density at radius 3 is 2.63 bits per heavy atom. The van der Waals surface area contributed by atoms with Crippen molar-refractivity contribution in [3.05, 3.63) is 48.6 Å². The monoisotopic (exact) mass is 392 g/mol. The highest BCUT2D eigenvalue weighted by Crippen LogP contribution is 2.24. The van der Waals surface area contributed by atoms with Crippen molar-refractivity contribution in [3.63, 3.8) is 0 Å². The number of allylic oxidation sites excluding steroid dienone is 1. The lowest BCUT2D eigenvalue weighted by Crippen LogP contribution is -2.44. The summed E-state index contributed by atoms with van der Waals surface area (Å²) >= 11 is 1.33. The number of hydrogen-bond donors (Lipinski definition) is 1. The van der Waals surface area contributed by atoms with Gasteiger partial charge < -0.3 is 10.1 Å². The van der Waals surface area contributed by atoms with Crippen LogP contribution in [0.3, 0.4) is 0 Å². The van der Waals surface area contributed by atoms with Gasteiger partial charge in [-0.1, -0.05) is 17.8 Å². The zero-order chi connectivity index (χ0) is 20.0. The van der Waals surface area contributed by atoms with Crippen LogP contribution in [0.15, 0.2) is 42.1 Å². The smallest absolute Gasteiger partial charge is 0.233 e. The minimum Gasteiger partial charge on any atom is -0.486 e. The normalized spacial score (nSPS) is 12.5. The third kappa shape index (κ3) is 6.39. The first-order valence-corrected chi connectivity index (χ1v) is 9.47. The lowest BCUT2D eigenvalue weighted by Gasteiger charge is -2.22. The molecule has 8 heteroatoms. The van der Waals surface area contributed by atoms with Gasteiger partial charge >= 0.3 is 0 Å². The summed E-state index contributed by atoms with van der Waals surface area (Å²) in [4.78, 5) is 12.3. The number of carbonyl (C=O) groups is 1. The molecule has 0 aliphatic rings. The molecule has 0 saturated carbocycles. The first-order chi connectivity index (χ1) is 12.7. The number of hydrogen-bond acceptors (Lipinski definition) is 5. The number of carbonyl (C=O) groups excluding carboxylic acids is 1. The average molecular weight is 393 g/mol. The van der Waals surface area contributed by atoms with Gasteiger partial charge in [0.15, 0.2) is 11.0 Å². The Morgan fingerprint density at radius 1 is 1.37 bits per heavy atom. The van der Waals surface area contributed by atoms with Crippen LogP contribution < -0.4 is 10.1 Å². The molecule has 1 N–H and O–H groups in total. The predicted molar refractivity (Wildman–Crippen MR) is 104 cm³/mol. The van der Waals surface area contributed by atoms with Crippen LogP contribution in [0, 0.1) is 5.82 Å². The molecule has 1 aromatic carbocycles. The van der Waals surface area contributed by atoms with E-state index in [0.717, 1.165) is 0 Å². The van der Waals surface area contributed by atoms with Crippen molar-refractivity contribution in [2.45, 2.75) is 56.8 Å². The molecule has 0 saturated heterocycles. The summed E-state index contributed by atoms with van der Waals surface area (Å²) in [6.45, 7) is 12.1. The van der Waals surface area contributed by atoms with Gasteiger partial charge in [-0.15, -0.1) is 16.8 Å². The molecule has 1 aromatic heterocycles. The number of aromatic nitrogens is 3. The van der Waals surface area contributed by atoms with Crippen molar-refractivity contribution in [2.75, 3.05) is 0 Å². The Balaban J connectivity index is 2.08. The second-order valence-electron chi connectivity index (χ2n) is 7.04. The van der Waals surface area contributed by atoms with E-state index in [0.29, 0.717) is 23.3 Å². The van der Waals surface area contributed by atoms with Gasteiger partial charge in [-0.05, 0) is 52.0 Å². The van der Waals surface area contributed by atoms with Crippen molar-refractivity contribution >= 4 is 17.7 Å². The maximum absolute atomic E-state index is 13.0. The summed E-state index contributed by atoms with van der Waals surface area (Å²) in [5.74, 6) is 0.755. The summed E-state index contributed by atoms with van der Waals surface area (Å²) in [5.41, 5.74) is -0.297. The van der Waals surface area contributed by atoms with Gasteiger partial charge in [0.05, 0.1) is 5.25 Å². The number of amides is 1. The van der Waals surface area contributed by atoms with E-state index in [2.05, 4.69) is 22.1 Å². The van der Waals surface area contributed by atoms with Gasteiger partial charge in [-0.2, -0.15) is 0 Å². The fourth-order valence-electron chi connectivity index (χ4n) is 2.19. The molecule has 0 bridgehead atoms. The second kappa shape index (κ2) is 9.03. The predicted octanol–water partition coefficient (Wildman–Crippen LogP) is 3.58. The van der Waals surface area contributed by atoms with Gasteiger partial charge in [0.25, 0.3) is 0 Å². The van der Waals surface area contributed by atoms with Gasteiger partial charge in [0.2, 0.25) is 5.91 Å². The molecule has 0 aliphatic carbocycles. The van der Waals surface area contributed by atoms with Crippen LogP contribution in [-0.4, -0.2) is 31.5 Å². The molecule has 2 aromatic rings. The van der Waals surface area contributed by atoms with Gasteiger partial charge in [-0.3, -0.25) is 9.36 Å². The van der Waals surface area contributed by atoms with Crippen molar-refractivity contribution in [2.24, 2.45) is 0 Å². The molecule has 0 spiro atoms. The Bertz CT molecular complexity index is 784. The van der Waals surface area contributed by atoms with Crippen LogP contribution in [0.4, 0.5) is 4.39 Å². The highest BCUT2D eigenvalue weighted by Gasteiger charge is 2.23. The molecule has 2 rings (SSSR count). The van der Waals surface area contributed by atoms with Gasteiger partial charge in [0.1, 0.15) is 18.2 Å². The van der Waals surface area contributed by atoms with Crippen molar-refractivity contribution < 1.29 is 13.9 Å². The molecular weight excluding hydrogens is 367 g/mol. The molecule has 0 fully saturated rings. The van der Waals surface area contributed by atoms with E-state index in [-0.39, 0.29) is 29.1 Å². The summed E-state index contributed by atoms with van der Waals surface area (Å²) in [6, 6.07) is 5.78. The maximum Gasteiger partial charge on any atom is 0.233 e. The largest absolute Gasteiger partial charge is 0.486 e. The Hall–Kier alpha value is -2.35. The standard InChI is InChI=1S/C19H25FN4O2S/c1-6-11-24-16(12-26-15-9-7-14(20)8-10-15)22-23-18(24)27-13(2)17(25)21-19(3,4)5/h6-10,13H,1,11-12H2,2-5H3,(H,21,25)/t13-/m0/s1. The third-order valence-electron chi connectivity index (χ3n) is 3.44. The molecule has 0 unspecified atom stereocenters. The van der Waals surface area contributed by atoms with Crippen LogP contribution in [0.25, 0.3) is 0 Å². The fourth-order valence-corrected chi connectivity index (χ4v) is 3.06. The van der Waals surface area contributed by atoms with Crippen molar-refractivity contribution in [1.29, 1.82) is 0 Å². The lowest BCUT2D eigenvalue weighted by molar-refractivity contribution is -0.121. The average Bonchev–Trinajstić information content (AvgIpc) is 2.95. The Kier molecular flexibility index (Phi) is 7.01. The minimum absolute atomic E-state index is 0.0650. The number of nitrogens with one attached hydrogen (secondary N) is 1. The van der Waals surface area contributed by atoms with E-state index >= 15 is 0 Å². The SMILES string of the molecule is C=CCn1c(COc2ccc(F)cc2)nnc1S[C@@H](C)C(=O)NC(C)(C)C. The van der Waals surface area contributed by atoms with Gasteiger partial charge in [-0.25, -0.2) is 4.39 Å². The van der Waals surface area contributed by atoms with Gasteiger partial charge in [0, 0.05) is 12.1 Å². The first-order valence-electron chi connectivity index (χ1n) is 8.59. The molecule has 0 aliphatic heterocycles. The summed E-state index contributed by atoms with van der Waals surface area (Å²) < 4.78 is 20.5. The number of thioether (sulfide) groups is 1. The van der Waals surface area contributed by atoms with E-state index in [1.165, 1.54) is 23.9 Å². The number of benzene rings is 1. The quantitative estimate of drug-likeness (QED) is 0.549. The second-order valence-corrected chi connectivity index (χ2v) is 8.35.